The highest BCUT2D eigenvalue weighted by atomic mass is 16.6. The Morgan fingerprint density at radius 2 is 2.05 bits per heavy atom. The first-order chi connectivity index (χ1) is 10.1. The van der Waals surface area contributed by atoms with Crippen LogP contribution in [-0.4, -0.2) is 20.0 Å². The number of nitro groups is 1. The zero-order valence-electron chi connectivity index (χ0n) is 10.6. The van der Waals surface area contributed by atoms with E-state index in [0.29, 0.717) is 16.8 Å². The number of nitrogens with zero attached hydrogens (tertiary/aromatic N) is 4. The van der Waals surface area contributed by atoms with Crippen molar-refractivity contribution >= 4 is 11.4 Å². The predicted octanol–water partition coefficient (Wildman–Crippen LogP) is 2.29. The largest absolute Gasteiger partial charge is 0.397 e. The summed E-state index contributed by atoms with van der Waals surface area (Å²) in [6.07, 6.45) is 3.04. The molecule has 0 bridgehead atoms. The summed E-state index contributed by atoms with van der Waals surface area (Å²) in [5.74, 6) is 0.507. The highest BCUT2D eigenvalue weighted by Crippen LogP contribution is 2.25. The molecule has 1 aromatic carbocycles. The van der Waals surface area contributed by atoms with Crippen LogP contribution < -0.4 is 5.73 Å². The molecule has 0 fully saturated rings. The van der Waals surface area contributed by atoms with E-state index in [-0.39, 0.29) is 17.4 Å². The van der Waals surface area contributed by atoms with Crippen LogP contribution in [0, 0.1) is 10.1 Å². The number of non-ortho nitro benzene ring substituents is 1. The molecule has 104 valence electrons. The molecule has 2 N–H and O–H groups in total. The number of rotatable bonds is 3. The van der Waals surface area contributed by atoms with Crippen LogP contribution in [0.3, 0.4) is 0 Å². The van der Waals surface area contributed by atoms with Crippen LogP contribution in [-0.2, 0) is 0 Å². The van der Waals surface area contributed by atoms with Crippen LogP contribution in [0.5, 0.6) is 0 Å². The lowest BCUT2D eigenvalue weighted by Gasteiger charge is -1.95. The summed E-state index contributed by atoms with van der Waals surface area (Å²) in [6, 6.07) is 7.65. The molecule has 0 aliphatic rings. The summed E-state index contributed by atoms with van der Waals surface area (Å²) in [7, 11) is 0. The van der Waals surface area contributed by atoms with E-state index >= 15 is 0 Å². The molecular weight excluding hydrogens is 274 g/mol. The average molecular weight is 283 g/mol. The van der Waals surface area contributed by atoms with Crippen LogP contribution in [0.25, 0.3) is 22.8 Å². The van der Waals surface area contributed by atoms with Crippen molar-refractivity contribution in [3.63, 3.8) is 0 Å². The van der Waals surface area contributed by atoms with E-state index in [2.05, 4.69) is 15.1 Å². The summed E-state index contributed by atoms with van der Waals surface area (Å²) < 4.78 is 5.13. The average Bonchev–Trinajstić information content (AvgIpc) is 2.97. The van der Waals surface area contributed by atoms with Gasteiger partial charge in [-0.3, -0.25) is 15.1 Å². The van der Waals surface area contributed by atoms with Gasteiger partial charge in [0.2, 0.25) is 5.82 Å². The summed E-state index contributed by atoms with van der Waals surface area (Å²) in [6.45, 7) is 0. The third-order valence-electron chi connectivity index (χ3n) is 2.75. The molecule has 0 spiro atoms. The Labute approximate surface area is 118 Å². The summed E-state index contributed by atoms with van der Waals surface area (Å²) in [5.41, 5.74) is 7.16. The van der Waals surface area contributed by atoms with E-state index in [1.54, 1.807) is 24.4 Å². The van der Waals surface area contributed by atoms with Crippen LogP contribution in [0.15, 0.2) is 47.2 Å². The standard InChI is InChI=1S/C13H9N5O3/c14-10-4-9(6-15-7-10)13-16-12(17-21-13)8-2-1-3-11(5-8)18(19)20/h1-7H,14H2. The topological polar surface area (TPSA) is 121 Å². The Hall–Kier alpha value is -3.29. The predicted molar refractivity (Wildman–Crippen MR) is 74.0 cm³/mol. The van der Waals surface area contributed by atoms with Crippen LogP contribution in [0.1, 0.15) is 0 Å². The molecule has 0 aliphatic carbocycles. The SMILES string of the molecule is Nc1cncc(-c2nc(-c3cccc([N+](=O)[O-])c3)no2)c1. The molecular formula is C13H9N5O3. The first-order valence-electron chi connectivity index (χ1n) is 5.93. The number of nitrogens with two attached hydrogens (primary N) is 1. The van der Waals surface area contributed by atoms with Crippen molar-refractivity contribution < 1.29 is 9.45 Å². The fraction of sp³-hybridized carbons (Fsp3) is 0. The van der Waals surface area contributed by atoms with E-state index in [1.165, 1.54) is 18.3 Å². The number of aromatic nitrogens is 3. The van der Waals surface area contributed by atoms with Gasteiger partial charge in [-0.25, -0.2) is 0 Å². The molecule has 0 aliphatic heterocycles. The normalized spacial score (nSPS) is 10.5. The van der Waals surface area contributed by atoms with E-state index < -0.39 is 4.92 Å². The lowest BCUT2D eigenvalue weighted by molar-refractivity contribution is -0.384. The summed E-state index contributed by atoms with van der Waals surface area (Å²) in [5, 5.41) is 14.6. The molecule has 0 saturated carbocycles. The number of hydrogen-bond donors (Lipinski definition) is 1. The van der Waals surface area contributed by atoms with Gasteiger partial charge in [0, 0.05) is 30.1 Å². The number of benzene rings is 1. The molecule has 21 heavy (non-hydrogen) atoms. The quantitative estimate of drug-likeness (QED) is 0.578. The lowest BCUT2D eigenvalue weighted by Crippen LogP contribution is -1.89. The summed E-state index contributed by atoms with van der Waals surface area (Å²) in [4.78, 5) is 18.4. The van der Waals surface area contributed by atoms with Crippen molar-refractivity contribution in [3.05, 3.63) is 52.8 Å². The summed E-state index contributed by atoms with van der Waals surface area (Å²) >= 11 is 0. The van der Waals surface area contributed by atoms with E-state index in [4.69, 9.17) is 10.3 Å². The van der Waals surface area contributed by atoms with Gasteiger partial charge in [-0.05, 0) is 6.07 Å². The number of anilines is 1. The second kappa shape index (κ2) is 5.00. The van der Waals surface area contributed by atoms with Crippen molar-refractivity contribution in [2.75, 3.05) is 5.73 Å². The molecule has 0 saturated heterocycles. The van der Waals surface area contributed by atoms with Gasteiger partial charge < -0.3 is 10.3 Å². The minimum Gasteiger partial charge on any atom is -0.397 e. The van der Waals surface area contributed by atoms with Crippen LogP contribution in [0.2, 0.25) is 0 Å². The van der Waals surface area contributed by atoms with Crippen molar-refractivity contribution in [2.24, 2.45) is 0 Å². The van der Waals surface area contributed by atoms with Gasteiger partial charge in [-0.1, -0.05) is 17.3 Å². The highest BCUT2D eigenvalue weighted by molar-refractivity contribution is 5.63. The number of nitrogen functional groups attached to an aromatic ring is 1. The fourth-order valence-corrected chi connectivity index (χ4v) is 1.79. The smallest absolute Gasteiger partial charge is 0.270 e. The molecule has 0 unspecified atom stereocenters. The van der Waals surface area contributed by atoms with E-state index in [0.717, 1.165) is 0 Å². The monoisotopic (exact) mass is 283 g/mol. The maximum atomic E-state index is 10.8. The molecule has 0 amide bonds. The first-order valence-corrected chi connectivity index (χ1v) is 5.93. The molecule has 8 heteroatoms. The van der Waals surface area contributed by atoms with Crippen LogP contribution >= 0.6 is 0 Å². The van der Waals surface area contributed by atoms with Gasteiger partial charge in [-0.15, -0.1) is 0 Å². The Morgan fingerprint density at radius 3 is 2.81 bits per heavy atom. The Bertz CT molecular complexity index is 815. The maximum absolute atomic E-state index is 10.8. The molecule has 2 aromatic heterocycles. The van der Waals surface area contributed by atoms with Crippen molar-refractivity contribution in [1.29, 1.82) is 0 Å². The minimum absolute atomic E-state index is 0.0375. The molecule has 0 radical (unpaired) electrons. The van der Waals surface area contributed by atoms with Gasteiger partial charge in [0.25, 0.3) is 11.6 Å². The zero-order chi connectivity index (χ0) is 14.8. The van der Waals surface area contributed by atoms with Crippen molar-refractivity contribution in [1.82, 2.24) is 15.1 Å². The van der Waals surface area contributed by atoms with Crippen molar-refractivity contribution in [2.45, 2.75) is 0 Å². The highest BCUT2D eigenvalue weighted by Gasteiger charge is 2.14. The van der Waals surface area contributed by atoms with Gasteiger partial charge >= 0.3 is 0 Å². The Balaban J connectivity index is 1.98. The maximum Gasteiger partial charge on any atom is 0.270 e. The third kappa shape index (κ3) is 2.54. The van der Waals surface area contributed by atoms with Crippen LogP contribution in [0.4, 0.5) is 11.4 Å². The van der Waals surface area contributed by atoms with Crippen molar-refractivity contribution in [3.8, 4) is 22.8 Å². The molecule has 2 heterocycles. The second-order valence-corrected chi connectivity index (χ2v) is 4.24. The van der Waals surface area contributed by atoms with Gasteiger partial charge in [0.05, 0.1) is 16.2 Å². The molecule has 8 nitrogen and oxygen atoms in total. The van der Waals surface area contributed by atoms with Gasteiger partial charge in [-0.2, -0.15) is 4.98 Å². The number of nitro benzene ring substituents is 1. The minimum atomic E-state index is -0.480. The van der Waals surface area contributed by atoms with Gasteiger partial charge in [0.15, 0.2) is 0 Å². The zero-order valence-corrected chi connectivity index (χ0v) is 10.6. The van der Waals surface area contributed by atoms with E-state index in [1.807, 2.05) is 0 Å². The first kappa shape index (κ1) is 12.7. The molecule has 3 aromatic rings. The Morgan fingerprint density at radius 1 is 1.19 bits per heavy atom. The molecule has 0 atom stereocenters. The second-order valence-electron chi connectivity index (χ2n) is 4.24. The van der Waals surface area contributed by atoms with E-state index in [9.17, 15) is 10.1 Å². The fourth-order valence-electron chi connectivity index (χ4n) is 1.79. The lowest BCUT2D eigenvalue weighted by atomic mass is 10.2. The number of hydrogen-bond acceptors (Lipinski definition) is 7. The Kier molecular flexibility index (Phi) is 3.03. The third-order valence-corrected chi connectivity index (χ3v) is 2.75. The van der Waals surface area contributed by atoms with Gasteiger partial charge in [0.1, 0.15) is 0 Å². The number of pyridine rings is 1. The molecule has 3 rings (SSSR count).